The molecule has 27 heavy (non-hydrogen) atoms. The van der Waals surface area contributed by atoms with Gasteiger partial charge in [0.2, 0.25) is 0 Å². The Hall–Kier alpha value is -2.73. The van der Waals surface area contributed by atoms with Crippen LogP contribution in [0.1, 0.15) is 5.56 Å². The van der Waals surface area contributed by atoms with E-state index in [1.165, 1.54) is 4.83 Å². The Morgan fingerprint density at radius 1 is 1.04 bits per heavy atom. The first-order chi connectivity index (χ1) is 12.5. The van der Waals surface area contributed by atoms with Gasteiger partial charge in [-0.05, 0) is 30.3 Å². The zero-order chi connectivity index (χ0) is 20.2. The molecule has 2 aromatic carbocycles. The molecule has 146 valence electrons. The maximum atomic E-state index is 13.5. The lowest BCUT2D eigenvalue weighted by atomic mass is 10.2. The number of halogens is 5. The van der Waals surface area contributed by atoms with Crippen molar-refractivity contribution in [2.24, 2.45) is 0 Å². The highest BCUT2D eigenvalue weighted by Crippen LogP contribution is 2.31. The summed E-state index contributed by atoms with van der Waals surface area (Å²) >= 11 is 0. The molecule has 0 saturated carbocycles. The Morgan fingerprint density at radius 2 is 1.63 bits per heavy atom. The molecule has 0 aliphatic carbocycles. The van der Waals surface area contributed by atoms with Crippen LogP contribution in [0.25, 0.3) is 0 Å². The van der Waals surface area contributed by atoms with Crippen LogP contribution in [-0.4, -0.2) is 20.9 Å². The minimum atomic E-state index is -4.76. The number of nitrogens with one attached hydrogen (secondary N) is 2. The largest absolute Gasteiger partial charge is 0.484 e. The van der Waals surface area contributed by atoms with Gasteiger partial charge in [-0.15, -0.1) is 4.83 Å². The highest BCUT2D eigenvalue weighted by Gasteiger charge is 2.30. The van der Waals surface area contributed by atoms with Gasteiger partial charge < -0.3 is 4.74 Å². The van der Waals surface area contributed by atoms with Crippen LogP contribution in [0.5, 0.6) is 5.75 Å². The normalized spacial score (nSPS) is 11.9. The summed E-state index contributed by atoms with van der Waals surface area (Å²) in [5.41, 5.74) is 0.630. The van der Waals surface area contributed by atoms with Gasteiger partial charge in [0.1, 0.15) is 17.4 Å². The molecule has 12 heteroatoms. The molecule has 1 amide bonds. The van der Waals surface area contributed by atoms with Crippen molar-refractivity contribution in [2.45, 2.75) is 11.1 Å². The molecule has 6 nitrogen and oxygen atoms in total. The fraction of sp³-hybridized carbons (Fsp3) is 0.133. The van der Waals surface area contributed by atoms with Gasteiger partial charge in [0, 0.05) is 0 Å². The van der Waals surface area contributed by atoms with Crippen molar-refractivity contribution in [3.63, 3.8) is 0 Å². The summed E-state index contributed by atoms with van der Waals surface area (Å²) in [7, 11) is -4.76. The molecular weight excluding hydrogens is 399 g/mol. The van der Waals surface area contributed by atoms with Crippen LogP contribution in [0.3, 0.4) is 0 Å². The van der Waals surface area contributed by atoms with E-state index in [-0.39, 0.29) is 5.75 Å². The lowest BCUT2D eigenvalue weighted by molar-refractivity contribution is -0.137. The molecule has 0 heterocycles. The van der Waals surface area contributed by atoms with E-state index >= 15 is 0 Å². The number of ether oxygens (including phenoxy) is 1. The van der Waals surface area contributed by atoms with E-state index in [4.69, 9.17) is 4.74 Å². The van der Waals surface area contributed by atoms with Crippen molar-refractivity contribution in [3.8, 4) is 5.75 Å². The van der Waals surface area contributed by atoms with Crippen LogP contribution in [0.4, 0.5) is 22.0 Å². The summed E-state index contributed by atoms with van der Waals surface area (Å²) in [6, 6.07) is 6.01. The molecule has 2 aromatic rings. The number of carbonyl (C=O) groups excluding carboxylic acids is 1. The summed E-state index contributed by atoms with van der Waals surface area (Å²) in [6.45, 7) is -0.858. The van der Waals surface area contributed by atoms with E-state index in [9.17, 15) is 35.2 Å². The zero-order valence-electron chi connectivity index (χ0n) is 13.2. The highest BCUT2D eigenvalue weighted by molar-refractivity contribution is 7.89. The summed E-state index contributed by atoms with van der Waals surface area (Å²) in [4.78, 5) is 11.7. The van der Waals surface area contributed by atoms with E-state index in [0.717, 1.165) is 24.3 Å². The Balaban J connectivity index is 1.97. The zero-order valence-corrected chi connectivity index (χ0v) is 14.0. The van der Waals surface area contributed by atoms with Crippen molar-refractivity contribution < 1.29 is 39.9 Å². The molecule has 0 fully saturated rings. The van der Waals surface area contributed by atoms with Crippen molar-refractivity contribution >= 4 is 15.9 Å². The van der Waals surface area contributed by atoms with E-state index < -0.39 is 50.8 Å². The number of rotatable bonds is 6. The van der Waals surface area contributed by atoms with Crippen LogP contribution in [0, 0.1) is 11.6 Å². The maximum absolute atomic E-state index is 13.5. The molecule has 0 radical (unpaired) electrons. The van der Waals surface area contributed by atoms with Crippen molar-refractivity contribution in [2.75, 3.05) is 6.61 Å². The highest BCUT2D eigenvalue weighted by atomic mass is 32.2. The van der Waals surface area contributed by atoms with Crippen molar-refractivity contribution in [3.05, 3.63) is 59.7 Å². The fourth-order valence-electron chi connectivity index (χ4n) is 1.86. The average Bonchev–Trinajstić information content (AvgIpc) is 2.57. The number of hydrogen-bond acceptors (Lipinski definition) is 4. The van der Waals surface area contributed by atoms with Gasteiger partial charge in [-0.1, -0.05) is 12.1 Å². The molecule has 0 spiro atoms. The summed E-state index contributed by atoms with van der Waals surface area (Å²) in [6.07, 6.45) is -4.61. The summed E-state index contributed by atoms with van der Waals surface area (Å²) in [5, 5.41) is 0. The lowest BCUT2D eigenvalue weighted by Gasteiger charge is -2.11. The first kappa shape index (κ1) is 20.6. The monoisotopic (exact) mass is 410 g/mol. The standard InChI is InChI=1S/C15H11F5N2O4S/c16-11-5-2-6-12(17)14(11)27(24,25)22-21-13(23)8-26-10-4-1-3-9(7-10)15(18,19)20/h1-7,22H,8H2,(H,21,23). The second kappa shape index (κ2) is 7.88. The summed E-state index contributed by atoms with van der Waals surface area (Å²) < 4.78 is 93.2. The fourth-order valence-corrected chi connectivity index (χ4v) is 2.86. The van der Waals surface area contributed by atoms with E-state index in [1.54, 1.807) is 5.43 Å². The molecule has 2 rings (SSSR count). The number of hydrazine groups is 1. The SMILES string of the molecule is O=C(COc1cccc(C(F)(F)F)c1)NNS(=O)(=O)c1c(F)cccc1F. The molecular formula is C15H11F5N2O4S. The number of hydrogen-bond donors (Lipinski definition) is 2. The van der Waals surface area contributed by atoms with Gasteiger partial charge in [-0.3, -0.25) is 10.2 Å². The third kappa shape index (κ3) is 5.37. The van der Waals surface area contributed by atoms with Gasteiger partial charge in [-0.2, -0.15) is 13.2 Å². The predicted molar refractivity (Wildman–Crippen MR) is 81.8 cm³/mol. The number of amides is 1. The van der Waals surface area contributed by atoms with Gasteiger partial charge in [-0.25, -0.2) is 17.2 Å². The quantitative estimate of drug-likeness (QED) is 0.566. The number of carbonyl (C=O) groups is 1. The third-order valence-electron chi connectivity index (χ3n) is 3.04. The van der Waals surface area contributed by atoms with Crippen molar-refractivity contribution in [1.29, 1.82) is 0 Å². The van der Waals surface area contributed by atoms with Gasteiger partial charge in [0.05, 0.1) is 5.56 Å². The van der Waals surface area contributed by atoms with E-state index in [2.05, 4.69) is 0 Å². The Bertz CT molecular complexity index is 927. The average molecular weight is 410 g/mol. The van der Waals surface area contributed by atoms with E-state index in [0.29, 0.717) is 18.2 Å². The second-order valence-electron chi connectivity index (χ2n) is 5.02. The van der Waals surface area contributed by atoms with Crippen LogP contribution in [0.15, 0.2) is 47.4 Å². The summed E-state index contributed by atoms with van der Waals surface area (Å²) in [5.74, 6) is -4.16. The molecule has 2 N–H and O–H groups in total. The Labute approximate surface area is 150 Å². The van der Waals surface area contributed by atoms with Gasteiger partial charge in [0.25, 0.3) is 15.9 Å². The lowest BCUT2D eigenvalue weighted by Crippen LogP contribution is -2.44. The first-order valence-electron chi connectivity index (χ1n) is 7.05. The molecule has 0 aliphatic heterocycles. The Kier molecular flexibility index (Phi) is 6.01. The van der Waals surface area contributed by atoms with Crippen LogP contribution in [-0.2, 0) is 21.0 Å². The smallest absolute Gasteiger partial charge is 0.416 e. The second-order valence-corrected chi connectivity index (χ2v) is 6.64. The van der Waals surface area contributed by atoms with Crippen LogP contribution >= 0.6 is 0 Å². The third-order valence-corrected chi connectivity index (χ3v) is 4.34. The molecule has 0 aliphatic rings. The molecule has 0 aromatic heterocycles. The Morgan fingerprint density at radius 3 is 2.22 bits per heavy atom. The van der Waals surface area contributed by atoms with Crippen molar-refractivity contribution in [1.82, 2.24) is 10.3 Å². The molecule has 0 atom stereocenters. The van der Waals surface area contributed by atoms with Gasteiger partial charge in [0.15, 0.2) is 11.5 Å². The van der Waals surface area contributed by atoms with Crippen LogP contribution < -0.4 is 15.0 Å². The topological polar surface area (TPSA) is 84.5 Å². The minimum absolute atomic E-state index is 0.289. The molecule has 0 saturated heterocycles. The number of benzene rings is 2. The van der Waals surface area contributed by atoms with Crippen LogP contribution in [0.2, 0.25) is 0 Å². The molecule has 0 bridgehead atoms. The minimum Gasteiger partial charge on any atom is -0.484 e. The van der Waals surface area contributed by atoms with E-state index in [1.807, 2.05) is 0 Å². The first-order valence-corrected chi connectivity index (χ1v) is 8.54. The molecule has 0 unspecified atom stereocenters. The maximum Gasteiger partial charge on any atom is 0.416 e. The number of sulfonamides is 1. The predicted octanol–water partition coefficient (Wildman–Crippen LogP) is 2.37. The number of alkyl halides is 3. The van der Waals surface area contributed by atoms with Gasteiger partial charge >= 0.3 is 6.18 Å².